The number of benzene rings is 2. The Morgan fingerprint density at radius 1 is 0.680 bits per heavy atom. The van der Waals surface area contributed by atoms with E-state index in [1.807, 2.05) is 11.8 Å². The first-order valence-electron chi connectivity index (χ1n) is 9.65. The lowest BCUT2D eigenvalue weighted by Gasteiger charge is -2.01. The standard InChI is InChI=1S/C24H30S/c1-3-5-7-8-9-21-10-12-22(13-11-21)14-15-23-16-18-24(19-17-23)25-20-6-4-2/h10-13,16-19H,3-9,20H2,1-2H3. The van der Waals surface area contributed by atoms with Gasteiger partial charge in [-0.05, 0) is 67.0 Å². The van der Waals surface area contributed by atoms with Crippen LogP contribution in [0.25, 0.3) is 0 Å². The molecule has 2 rings (SSSR count). The lowest BCUT2D eigenvalue weighted by molar-refractivity contribution is 0.667. The minimum Gasteiger partial charge on any atom is -0.126 e. The quantitative estimate of drug-likeness (QED) is 0.264. The van der Waals surface area contributed by atoms with E-state index < -0.39 is 0 Å². The molecule has 0 amide bonds. The van der Waals surface area contributed by atoms with Crippen LogP contribution < -0.4 is 0 Å². The van der Waals surface area contributed by atoms with Crippen molar-refractivity contribution in [3.05, 3.63) is 65.2 Å². The maximum atomic E-state index is 3.28. The number of rotatable bonds is 9. The van der Waals surface area contributed by atoms with Crippen molar-refractivity contribution in [2.75, 3.05) is 5.75 Å². The van der Waals surface area contributed by atoms with Gasteiger partial charge in [-0.2, -0.15) is 0 Å². The SMILES string of the molecule is CCCCCCc1ccc(C#Cc2ccc(SCCCC)cc2)cc1. The van der Waals surface area contributed by atoms with E-state index in [1.54, 1.807) is 0 Å². The van der Waals surface area contributed by atoms with Crippen molar-refractivity contribution < 1.29 is 0 Å². The van der Waals surface area contributed by atoms with Crippen LogP contribution in [-0.4, -0.2) is 5.75 Å². The van der Waals surface area contributed by atoms with Crippen molar-refractivity contribution in [1.29, 1.82) is 0 Å². The van der Waals surface area contributed by atoms with Crippen LogP contribution in [0.1, 0.15) is 69.1 Å². The predicted octanol–water partition coefficient (Wildman–Crippen LogP) is 7.10. The van der Waals surface area contributed by atoms with Gasteiger partial charge in [-0.1, -0.05) is 63.5 Å². The van der Waals surface area contributed by atoms with Gasteiger partial charge in [-0.15, -0.1) is 11.8 Å². The van der Waals surface area contributed by atoms with Crippen LogP contribution in [0.15, 0.2) is 53.4 Å². The molecule has 0 radical (unpaired) electrons. The summed E-state index contributed by atoms with van der Waals surface area (Å²) in [4.78, 5) is 1.34. The number of aryl methyl sites for hydroxylation is 1. The molecule has 0 aliphatic heterocycles. The Labute approximate surface area is 158 Å². The molecule has 132 valence electrons. The highest BCUT2D eigenvalue weighted by molar-refractivity contribution is 7.99. The molecule has 0 N–H and O–H groups in total. The Hall–Kier alpha value is -1.65. The molecule has 0 nitrogen and oxygen atoms in total. The molecule has 0 spiro atoms. The molecule has 0 unspecified atom stereocenters. The average Bonchev–Trinajstić information content (AvgIpc) is 2.66. The second-order valence-electron chi connectivity index (χ2n) is 6.48. The zero-order valence-electron chi connectivity index (χ0n) is 15.7. The molecule has 1 heteroatoms. The number of thioether (sulfide) groups is 1. The fourth-order valence-corrected chi connectivity index (χ4v) is 3.62. The summed E-state index contributed by atoms with van der Waals surface area (Å²) in [7, 11) is 0. The zero-order valence-corrected chi connectivity index (χ0v) is 16.5. The Balaban J connectivity index is 1.85. The van der Waals surface area contributed by atoms with E-state index in [1.165, 1.54) is 61.2 Å². The summed E-state index contributed by atoms with van der Waals surface area (Å²) in [6, 6.07) is 17.4. The second-order valence-corrected chi connectivity index (χ2v) is 7.65. The number of hydrogen-bond acceptors (Lipinski definition) is 1. The van der Waals surface area contributed by atoms with E-state index in [0.717, 1.165) is 11.1 Å². The fraction of sp³-hybridized carbons (Fsp3) is 0.417. The van der Waals surface area contributed by atoms with Crippen LogP contribution >= 0.6 is 11.8 Å². The third kappa shape index (κ3) is 7.84. The highest BCUT2D eigenvalue weighted by Gasteiger charge is 1.95. The van der Waals surface area contributed by atoms with Crippen LogP contribution in [0.3, 0.4) is 0 Å². The van der Waals surface area contributed by atoms with E-state index in [4.69, 9.17) is 0 Å². The molecule has 0 atom stereocenters. The van der Waals surface area contributed by atoms with Gasteiger partial charge < -0.3 is 0 Å². The molecule has 0 heterocycles. The summed E-state index contributed by atoms with van der Waals surface area (Å²) < 4.78 is 0. The van der Waals surface area contributed by atoms with Gasteiger partial charge in [0.2, 0.25) is 0 Å². The van der Waals surface area contributed by atoms with Gasteiger partial charge >= 0.3 is 0 Å². The Kier molecular flexibility index (Phi) is 9.31. The van der Waals surface area contributed by atoms with E-state index in [2.05, 4.69) is 74.2 Å². The molecule has 25 heavy (non-hydrogen) atoms. The number of unbranched alkanes of at least 4 members (excludes halogenated alkanes) is 4. The molecule has 0 saturated heterocycles. The Morgan fingerprint density at radius 3 is 1.88 bits per heavy atom. The van der Waals surface area contributed by atoms with Crippen molar-refractivity contribution in [3.63, 3.8) is 0 Å². The number of hydrogen-bond donors (Lipinski definition) is 0. The van der Waals surface area contributed by atoms with Gasteiger partial charge in [-0.3, -0.25) is 0 Å². The zero-order chi connectivity index (χ0) is 17.7. The van der Waals surface area contributed by atoms with Crippen molar-refractivity contribution in [2.45, 2.75) is 63.7 Å². The van der Waals surface area contributed by atoms with Gasteiger partial charge in [0.15, 0.2) is 0 Å². The molecule has 2 aromatic rings. The summed E-state index contributed by atoms with van der Waals surface area (Å²) in [6.45, 7) is 4.49. The van der Waals surface area contributed by atoms with E-state index in [0.29, 0.717) is 0 Å². The lowest BCUT2D eigenvalue weighted by atomic mass is 10.0. The van der Waals surface area contributed by atoms with Crippen LogP contribution in [0.2, 0.25) is 0 Å². The molecule has 0 fully saturated rings. The summed E-state index contributed by atoms with van der Waals surface area (Å²) in [5.41, 5.74) is 3.61. The fourth-order valence-electron chi connectivity index (χ4n) is 2.62. The maximum Gasteiger partial charge on any atom is 0.0249 e. The smallest absolute Gasteiger partial charge is 0.0249 e. The van der Waals surface area contributed by atoms with Crippen LogP contribution in [0.5, 0.6) is 0 Å². The Bertz CT molecular complexity index is 656. The third-order valence-corrected chi connectivity index (χ3v) is 5.34. The minimum atomic E-state index is 1.09. The highest BCUT2D eigenvalue weighted by Crippen LogP contribution is 2.19. The van der Waals surface area contributed by atoms with E-state index in [9.17, 15) is 0 Å². The average molecular weight is 351 g/mol. The normalized spacial score (nSPS) is 10.3. The van der Waals surface area contributed by atoms with Gasteiger partial charge in [0.1, 0.15) is 0 Å². The van der Waals surface area contributed by atoms with Crippen LogP contribution in [0, 0.1) is 11.8 Å². The monoisotopic (exact) mass is 350 g/mol. The second kappa shape index (κ2) is 11.8. The molecular formula is C24H30S. The van der Waals surface area contributed by atoms with Gasteiger partial charge in [-0.25, -0.2) is 0 Å². The first-order valence-corrected chi connectivity index (χ1v) is 10.6. The summed E-state index contributed by atoms with van der Waals surface area (Å²) in [5, 5.41) is 0. The van der Waals surface area contributed by atoms with Gasteiger partial charge in [0.25, 0.3) is 0 Å². The minimum absolute atomic E-state index is 1.09. The first kappa shape index (κ1) is 19.7. The highest BCUT2D eigenvalue weighted by atomic mass is 32.2. The topological polar surface area (TPSA) is 0 Å². The predicted molar refractivity (Wildman–Crippen MR) is 112 cm³/mol. The molecule has 2 aromatic carbocycles. The summed E-state index contributed by atoms with van der Waals surface area (Å²) in [6.07, 6.45) is 9.00. The molecule has 0 aromatic heterocycles. The Morgan fingerprint density at radius 2 is 1.28 bits per heavy atom. The van der Waals surface area contributed by atoms with Crippen LogP contribution in [0.4, 0.5) is 0 Å². The lowest BCUT2D eigenvalue weighted by Crippen LogP contribution is -1.86. The van der Waals surface area contributed by atoms with Gasteiger partial charge in [0, 0.05) is 16.0 Å². The molecule has 0 aliphatic carbocycles. The largest absolute Gasteiger partial charge is 0.126 e. The van der Waals surface area contributed by atoms with Crippen molar-refractivity contribution in [1.82, 2.24) is 0 Å². The third-order valence-electron chi connectivity index (χ3n) is 4.25. The summed E-state index contributed by atoms with van der Waals surface area (Å²) >= 11 is 1.93. The maximum absolute atomic E-state index is 3.28. The van der Waals surface area contributed by atoms with E-state index in [-0.39, 0.29) is 0 Å². The first-order chi connectivity index (χ1) is 12.3. The van der Waals surface area contributed by atoms with E-state index >= 15 is 0 Å². The molecule has 0 aliphatic rings. The van der Waals surface area contributed by atoms with Gasteiger partial charge in [0.05, 0.1) is 0 Å². The van der Waals surface area contributed by atoms with Crippen molar-refractivity contribution in [2.24, 2.45) is 0 Å². The molecule has 0 bridgehead atoms. The van der Waals surface area contributed by atoms with Crippen molar-refractivity contribution >= 4 is 11.8 Å². The molecule has 0 saturated carbocycles. The molecular weight excluding hydrogens is 320 g/mol. The van der Waals surface area contributed by atoms with Crippen LogP contribution in [-0.2, 0) is 6.42 Å². The van der Waals surface area contributed by atoms with Crippen molar-refractivity contribution in [3.8, 4) is 11.8 Å². The summed E-state index contributed by atoms with van der Waals surface area (Å²) in [5.74, 6) is 7.76.